The summed E-state index contributed by atoms with van der Waals surface area (Å²) >= 11 is 0. The molecule has 23 heavy (non-hydrogen) atoms. The standard InChI is InChI=1S/C14H19NO8/c1-8-11(17)13(21-7-6-16)12(18)14(22-8)23-10-4-2-9(3-5-10)15(19)20/h2-5,8,11-14,16-18H,6-7H2,1H3/t8-,11+,12-,13+,14+/m0/s1. The first-order valence-electron chi connectivity index (χ1n) is 7.09. The zero-order valence-electron chi connectivity index (χ0n) is 12.4. The van der Waals surface area contributed by atoms with Crippen molar-refractivity contribution in [2.45, 2.75) is 37.6 Å². The SMILES string of the molecule is C[C@@H]1O[C@H](Oc2ccc([N+](=O)[O-])cc2)[C@@H](O)[C@H](OCCO)[C@@H]1O. The molecule has 128 valence electrons. The van der Waals surface area contributed by atoms with Gasteiger partial charge in [-0.05, 0) is 19.1 Å². The number of nitro benzene ring substituents is 1. The summed E-state index contributed by atoms with van der Waals surface area (Å²) in [4.78, 5) is 10.1. The molecule has 1 aromatic rings. The molecule has 0 aliphatic carbocycles. The van der Waals surface area contributed by atoms with E-state index in [1.165, 1.54) is 24.3 Å². The van der Waals surface area contributed by atoms with Gasteiger partial charge >= 0.3 is 0 Å². The number of rotatable bonds is 6. The van der Waals surface area contributed by atoms with E-state index in [2.05, 4.69) is 0 Å². The maximum Gasteiger partial charge on any atom is 0.269 e. The van der Waals surface area contributed by atoms with Crippen LogP contribution in [-0.4, -0.2) is 64.2 Å². The van der Waals surface area contributed by atoms with Crippen molar-refractivity contribution in [3.05, 3.63) is 34.4 Å². The Hall–Kier alpha value is -1.78. The molecule has 9 nitrogen and oxygen atoms in total. The van der Waals surface area contributed by atoms with Gasteiger partial charge in [-0.15, -0.1) is 0 Å². The summed E-state index contributed by atoms with van der Waals surface area (Å²) in [5, 5.41) is 39.6. The van der Waals surface area contributed by atoms with Gasteiger partial charge in [-0.1, -0.05) is 0 Å². The quantitative estimate of drug-likeness (QED) is 0.484. The third-order valence-corrected chi connectivity index (χ3v) is 3.48. The molecule has 1 fully saturated rings. The van der Waals surface area contributed by atoms with Crippen molar-refractivity contribution in [1.82, 2.24) is 0 Å². The summed E-state index contributed by atoms with van der Waals surface area (Å²) in [6, 6.07) is 5.30. The molecular weight excluding hydrogens is 310 g/mol. The maximum absolute atomic E-state index is 10.6. The van der Waals surface area contributed by atoms with Crippen molar-refractivity contribution >= 4 is 5.69 Å². The lowest BCUT2D eigenvalue weighted by Crippen LogP contribution is -2.59. The third kappa shape index (κ3) is 4.15. The van der Waals surface area contributed by atoms with Crippen LogP contribution >= 0.6 is 0 Å². The average molecular weight is 329 g/mol. The van der Waals surface area contributed by atoms with Crippen molar-refractivity contribution < 1.29 is 34.5 Å². The Kier molecular flexibility index (Phi) is 5.85. The highest BCUT2D eigenvalue weighted by Gasteiger charge is 2.44. The number of hydrogen-bond donors (Lipinski definition) is 3. The second kappa shape index (κ2) is 7.66. The molecule has 0 bridgehead atoms. The predicted molar refractivity (Wildman–Crippen MR) is 76.9 cm³/mol. The molecule has 0 unspecified atom stereocenters. The Labute approximate surface area is 132 Å². The van der Waals surface area contributed by atoms with E-state index in [0.717, 1.165) is 0 Å². The van der Waals surface area contributed by atoms with Crippen molar-refractivity contribution in [2.24, 2.45) is 0 Å². The van der Waals surface area contributed by atoms with Crippen LogP contribution in [0.1, 0.15) is 6.92 Å². The van der Waals surface area contributed by atoms with Crippen LogP contribution in [0.15, 0.2) is 24.3 Å². The van der Waals surface area contributed by atoms with Gasteiger partial charge in [0, 0.05) is 12.1 Å². The van der Waals surface area contributed by atoms with Crippen molar-refractivity contribution in [2.75, 3.05) is 13.2 Å². The molecule has 1 heterocycles. The molecule has 0 spiro atoms. The molecule has 0 amide bonds. The lowest BCUT2D eigenvalue weighted by atomic mass is 9.99. The van der Waals surface area contributed by atoms with Gasteiger partial charge < -0.3 is 29.5 Å². The number of hydrogen-bond acceptors (Lipinski definition) is 8. The minimum atomic E-state index is -1.29. The first kappa shape index (κ1) is 17.6. The zero-order valence-corrected chi connectivity index (χ0v) is 12.4. The lowest BCUT2D eigenvalue weighted by Gasteiger charge is -2.41. The fourth-order valence-electron chi connectivity index (χ4n) is 2.26. The van der Waals surface area contributed by atoms with Gasteiger partial charge in [0.1, 0.15) is 24.1 Å². The van der Waals surface area contributed by atoms with Crippen LogP contribution in [-0.2, 0) is 9.47 Å². The summed E-state index contributed by atoms with van der Waals surface area (Å²) in [5.74, 6) is 0.268. The Bertz CT molecular complexity index is 522. The summed E-state index contributed by atoms with van der Waals surface area (Å²) in [5.41, 5.74) is -0.0876. The van der Waals surface area contributed by atoms with Crippen LogP contribution in [0.25, 0.3) is 0 Å². The normalized spacial score (nSPS) is 30.9. The Morgan fingerprint density at radius 1 is 1.26 bits per heavy atom. The van der Waals surface area contributed by atoms with Crippen molar-refractivity contribution in [3.8, 4) is 5.75 Å². The molecule has 0 saturated carbocycles. The van der Waals surface area contributed by atoms with E-state index in [1.807, 2.05) is 0 Å². The smallest absolute Gasteiger partial charge is 0.269 e. The molecule has 0 radical (unpaired) electrons. The average Bonchev–Trinajstić information content (AvgIpc) is 2.53. The van der Waals surface area contributed by atoms with E-state index in [0.29, 0.717) is 0 Å². The van der Waals surface area contributed by atoms with Gasteiger partial charge in [-0.2, -0.15) is 0 Å². The topological polar surface area (TPSA) is 132 Å². The molecule has 1 aromatic carbocycles. The van der Waals surface area contributed by atoms with Gasteiger partial charge in [-0.3, -0.25) is 10.1 Å². The number of nitrogens with zero attached hydrogens (tertiary/aromatic N) is 1. The Morgan fingerprint density at radius 3 is 2.48 bits per heavy atom. The first-order chi connectivity index (χ1) is 10.9. The minimum absolute atomic E-state index is 0.0459. The lowest BCUT2D eigenvalue weighted by molar-refractivity contribution is -0.384. The summed E-state index contributed by atoms with van der Waals surface area (Å²) < 4.78 is 16.1. The number of aliphatic hydroxyl groups excluding tert-OH is 3. The predicted octanol–water partition coefficient (Wildman–Crippen LogP) is -0.182. The molecule has 0 aromatic heterocycles. The van der Waals surface area contributed by atoms with Crippen molar-refractivity contribution in [3.63, 3.8) is 0 Å². The molecule has 1 aliphatic rings. The first-order valence-corrected chi connectivity index (χ1v) is 7.09. The second-order valence-electron chi connectivity index (χ2n) is 5.12. The van der Waals surface area contributed by atoms with E-state index < -0.39 is 35.6 Å². The molecule has 3 N–H and O–H groups in total. The van der Waals surface area contributed by atoms with Gasteiger partial charge in [0.05, 0.1) is 24.2 Å². The van der Waals surface area contributed by atoms with Crippen LogP contribution in [0.5, 0.6) is 5.75 Å². The Balaban J connectivity index is 2.07. The number of benzene rings is 1. The monoisotopic (exact) mass is 329 g/mol. The van der Waals surface area contributed by atoms with Gasteiger partial charge in [-0.25, -0.2) is 0 Å². The molecule has 1 saturated heterocycles. The van der Waals surface area contributed by atoms with E-state index in [9.17, 15) is 20.3 Å². The van der Waals surface area contributed by atoms with E-state index in [1.54, 1.807) is 6.92 Å². The number of nitro groups is 1. The second-order valence-corrected chi connectivity index (χ2v) is 5.12. The fourth-order valence-corrected chi connectivity index (χ4v) is 2.26. The summed E-state index contributed by atoms with van der Waals surface area (Å²) in [7, 11) is 0. The highest BCUT2D eigenvalue weighted by atomic mass is 16.7. The van der Waals surface area contributed by atoms with Gasteiger partial charge in [0.15, 0.2) is 0 Å². The zero-order chi connectivity index (χ0) is 17.0. The largest absolute Gasteiger partial charge is 0.462 e. The Morgan fingerprint density at radius 2 is 1.91 bits per heavy atom. The minimum Gasteiger partial charge on any atom is -0.462 e. The number of non-ortho nitro benzene ring substituents is 1. The van der Waals surface area contributed by atoms with Gasteiger partial charge in [0.2, 0.25) is 6.29 Å². The number of ether oxygens (including phenoxy) is 3. The van der Waals surface area contributed by atoms with Crippen LogP contribution < -0.4 is 4.74 Å². The van der Waals surface area contributed by atoms with E-state index >= 15 is 0 Å². The van der Waals surface area contributed by atoms with Gasteiger partial charge in [0.25, 0.3) is 5.69 Å². The van der Waals surface area contributed by atoms with Crippen LogP contribution in [0, 0.1) is 10.1 Å². The van der Waals surface area contributed by atoms with Crippen LogP contribution in [0.2, 0.25) is 0 Å². The molecule has 9 heteroatoms. The number of aliphatic hydroxyl groups is 3. The van der Waals surface area contributed by atoms with Crippen LogP contribution in [0.3, 0.4) is 0 Å². The molecule has 5 atom stereocenters. The van der Waals surface area contributed by atoms with E-state index in [4.69, 9.17) is 19.3 Å². The summed E-state index contributed by atoms with van der Waals surface area (Å²) in [6.45, 7) is 1.30. The highest BCUT2D eigenvalue weighted by molar-refractivity contribution is 5.36. The third-order valence-electron chi connectivity index (χ3n) is 3.48. The summed E-state index contributed by atoms with van der Waals surface area (Å²) in [6.07, 6.45) is -5.12. The molecule has 1 aliphatic heterocycles. The fraction of sp³-hybridized carbons (Fsp3) is 0.571. The van der Waals surface area contributed by atoms with E-state index in [-0.39, 0.29) is 24.7 Å². The van der Waals surface area contributed by atoms with Crippen LogP contribution in [0.4, 0.5) is 5.69 Å². The molecule has 2 rings (SSSR count). The highest BCUT2D eigenvalue weighted by Crippen LogP contribution is 2.26. The maximum atomic E-state index is 10.6. The molecular formula is C14H19NO8. The van der Waals surface area contributed by atoms with Crippen molar-refractivity contribution in [1.29, 1.82) is 0 Å².